The van der Waals surface area contributed by atoms with Crippen molar-refractivity contribution in [3.8, 4) is 0 Å². The minimum Gasteiger partial charge on any atom is -0.379 e. The monoisotopic (exact) mass is 242 g/mol. The molecule has 2 rings (SSSR count). The Morgan fingerprint density at radius 3 is 3.06 bits per heavy atom. The second kappa shape index (κ2) is 6.69. The second-order valence-electron chi connectivity index (χ2n) is 5.17. The molecule has 4 nitrogen and oxygen atoms in total. The topological polar surface area (TPSA) is 33.7 Å². The first-order chi connectivity index (χ1) is 8.33. The van der Waals surface area contributed by atoms with E-state index in [1.807, 2.05) is 7.05 Å². The molecule has 0 spiro atoms. The summed E-state index contributed by atoms with van der Waals surface area (Å²) in [6, 6.07) is 0.530. The fraction of sp³-hybridized carbons (Fsp3) is 1.00. The van der Waals surface area contributed by atoms with Crippen molar-refractivity contribution in [1.29, 1.82) is 0 Å². The normalized spacial score (nSPS) is 35.3. The molecule has 2 aliphatic rings. The van der Waals surface area contributed by atoms with Crippen molar-refractivity contribution < 1.29 is 9.47 Å². The Bertz CT molecular complexity index is 223. The van der Waals surface area contributed by atoms with Crippen LogP contribution in [0.4, 0.5) is 0 Å². The number of piperidine rings is 1. The highest BCUT2D eigenvalue weighted by molar-refractivity contribution is 4.84. The number of hydrogen-bond donors (Lipinski definition) is 1. The lowest BCUT2D eigenvalue weighted by Gasteiger charge is -2.34. The average Bonchev–Trinajstić information content (AvgIpc) is 2.77. The standard InChI is InChI=1S/C13H26N2O2/c1-3-17-12-5-4-6-15(8-12)7-11-9-16-10-13(11)14-2/h11-14H,3-10H2,1-2H3. The van der Waals surface area contributed by atoms with Crippen LogP contribution in [0.1, 0.15) is 19.8 Å². The molecular formula is C13H26N2O2. The van der Waals surface area contributed by atoms with Gasteiger partial charge >= 0.3 is 0 Å². The first kappa shape index (κ1) is 13.3. The smallest absolute Gasteiger partial charge is 0.0702 e. The van der Waals surface area contributed by atoms with Gasteiger partial charge in [-0.1, -0.05) is 0 Å². The summed E-state index contributed by atoms with van der Waals surface area (Å²) in [5.74, 6) is 0.639. The van der Waals surface area contributed by atoms with E-state index in [4.69, 9.17) is 9.47 Å². The molecule has 0 aliphatic carbocycles. The zero-order valence-corrected chi connectivity index (χ0v) is 11.2. The Morgan fingerprint density at radius 2 is 2.29 bits per heavy atom. The summed E-state index contributed by atoms with van der Waals surface area (Å²) in [6.45, 7) is 8.16. The van der Waals surface area contributed by atoms with Crippen LogP contribution in [0, 0.1) is 5.92 Å². The summed E-state index contributed by atoms with van der Waals surface area (Å²) in [7, 11) is 2.03. The van der Waals surface area contributed by atoms with Crippen molar-refractivity contribution in [2.45, 2.75) is 31.9 Å². The summed E-state index contributed by atoms with van der Waals surface area (Å²) in [5.41, 5.74) is 0. The van der Waals surface area contributed by atoms with Crippen molar-refractivity contribution in [2.75, 3.05) is 46.5 Å². The van der Waals surface area contributed by atoms with Crippen LogP contribution in [-0.2, 0) is 9.47 Å². The van der Waals surface area contributed by atoms with Gasteiger partial charge < -0.3 is 19.7 Å². The summed E-state index contributed by atoms with van der Waals surface area (Å²) in [6.07, 6.45) is 2.94. The van der Waals surface area contributed by atoms with Gasteiger partial charge in [0.15, 0.2) is 0 Å². The first-order valence-electron chi connectivity index (χ1n) is 6.92. The molecule has 0 aromatic rings. The van der Waals surface area contributed by atoms with E-state index in [1.165, 1.54) is 19.4 Å². The van der Waals surface area contributed by atoms with E-state index in [0.29, 0.717) is 18.1 Å². The van der Waals surface area contributed by atoms with Crippen molar-refractivity contribution >= 4 is 0 Å². The summed E-state index contributed by atoms with van der Waals surface area (Å²) in [5, 5.41) is 3.36. The summed E-state index contributed by atoms with van der Waals surface area (Å²) in [4.78, 5) is 2.55. The number of rotatable bonds is 5. The molecule has 2 saturated heterocycles. The Hall–Kier alpha value is -0.160. The third kappa shape index (κ3) is 3.65. The van der Waals surface area contributed by atoms with Gasteiger partial charge in [-0.25, -0.2) is 0 Å². The molecule has 3 unspecified atom stereocenters. The lowest BCUT2D eigenvalue weighted by Crippen LogP contribution is -2.45. The van der Waals surface area contributed by atoms with Crippen LogP contribution in [-0.4, -0.2) is 63.5 Å². The van der Waals surface area contributed by atoms with Crippen LogP contribution < -0.4 is 5.32 Å². The van der Waals surface area contributed by atoms with Crippen molar-refractivity contribution in [3.05, 3.63) is 0 Å². The van der Waals surface area contributed by atoms with Crippen molar-refractivity contribution in [3.63, 3.8) is 0 Å². The van der Waals surface area contributed by atoms with Gasteiger partial charge in [0.1, 0.15) is 0 Å². The van der Waals surface area contributed by atoms with Gasteiger partial charge in [-0.3, -0.25) is 0 Å². The van der Waals surface area contributed by atoms with Gasteiger partial charge in [0.05, 0.1) is 19.3 Å². The van der Waals surface area contributed by atoms with E-state index < -0.39 is 0 Å². The first-order valence-corrected chi connectivity index (χ1v) is 6.92. The molecule has 0 aromatic carbocycles. The fourth-order valence-corrected chi connectivity index (χ4v) is 2.98. The number of hydrogen-bond acceptors (Lipinski definition) is 4. The van der Waals surface area contributed by atoms with Crippen LogP contribution in [0.15, 0.2) is 0 Å². The largest absolute Gasteiger partial charge is 0.379 e. The molecule has 2 heterocycles. The maximum Gasteiger partial charge on any atom is 0.0702 e. The van der Waals surface area contributed by atoms with E-state index in [2.05, 4.69) is 17.1 Å². The predicted molar refractivity (Wildman–Crippen MR) is 68.2 cm³/mol. The van der Waals surface area contributed by atoms with Crippen LogP contribution in [0.5, 0.6) is 0 Å². The predicted octanol–water partition coefficient (Wildman–Crippen LogP) is 0.722. The molecule has 100 valence electrons. The molecular weight excluding hydrogens is 216 g/mol. The van der Waals surface area contributed by atoms with Crippen LogP contribution in [0.2, 0.25) is 0 Å². The Morgan fingerprint density at radius 1 is 1.41 bits per heavy atom. The third-order valence-corrected chi connectivity index (χ3v) is 3.93. The number of nitrogens with zero attached hydrogens (tertiary/aromatic N) is 1. The van der Waals surface area contributed by atoms with E-state index in [9.17, 15) is 0 Å². The fourth-order valence-electron chi connectivity index (χ4n) is 2.98. The zero-order valence-electron chi connectivity index (χ0n) is 11.2. The van der Waals surface area contributed by atoms with Crippen LogP contribution in [0.25, 0.3) is 0 Å². The minimum atomic E-state index is 0.448. The lowest BCUT2D eigenvalue weighted by molar-refractivity contribution is 0.000790. The van der Waals surface area contributed by atoms with Crippen molar-refractivity contribution in [1.82, 2.24) is 10.2 Å². The van der Waals surface area contributed by atoms with Gasteiger partial charge in [0.2, 0.25) is 0 Å². The Kier molecular flexibility index (Phi) is 5.22. The maximum atomic E-state index is 5.74. The number of likely N-dealkylation sites (tertiary alicyclic amines) is 1. The highest BCUT2D eigenvalue weighted by atomic mass is 16.5. The van der Waals surface area contributed by atoms with Gasteiger partial charge in [-0.15, -0.1) is 0 Å². The van der Waals surface area contributed by atoms with Crippen LogP contribution in [0.3, 0.4) is 0 Å². The minimum absolute atomic E-state index is 0.448. The van der Waals surface area contributed by atoms with E-state index >= 15 is 0 Å². The quantitative estimate of drug-likeness (QED) is 0.770. The van der Waals surface area contributed by atoms with E-state index in [0.717, 1.165) is 32.9 Å². The molecule has 0 radical (unpaired) electrons. The summed E-state index contributed by atoms with van der Waals surface area (Å²) < 4.78 is 11.3. The number of ether oxygens (including phenoxy) is 2. The molecule has 0 aromatic heterocycles. The number of nitrogens with one attached hydrogen (secondary N) is 1. The van der Waals surface area contributed by atoms with Crippen molar-refractivity contribution in [2.24, 2.45) is 5.92 Å². The molecule has 17 heavy (non-hydrogen) atoms. The Labute approximate surface area is 105 Å². The molecule has 3 atom stereocenters. The SMILES string of the molecule is CCOC1CCCN(CC2COCC2NC)C1. The van der Waals surface area contributed by atoms with Crippen LogP contribution >= 0.6 is 0 Å². The third-order valence-electron chi connectivity index (χ3n) is 3.93. The molecule has 2 aliphatic heterocycles. The highest BCUT2D eigenvalue weighted by Gasteiger charge is 2.30. The lowest BCUT2D eigenvalue weighted by atomic mass is 10.0. The molecule has 0 saturated carbocycles. The molecule has 0 amide bonds. The summed E-state index contributed by atoms with van der Waals surface area (Å²) >= 11 is 0. The van der Waals surface area contributed by atoms with Gasteiger partial charge in [0.25, 0.3) is 0 Å². The molecule has 0 bridgehead atoms. The Balaban J connectivity index is 1.77. The maximum absolute atomic E-state index is 5.74. The second-order valence-corrected chi connectivity index (χ2v) is 5.17. The molecule has 4 heteroatoms. The number of likely N-dealkylation sites (N-methyl/N-ethyl adjacent to an activating group) is 1. The zero-order chi connectivity index (χ0) is 12.1. The van der Waals surface area contributed by atoms with E-state index in [-0.39, 0.29) is 0 Å². The van der Waals surface area contributed by atoms with E-state index in [1.54, 1.807) is 0 Å². The van der Waals surface area contributed by atoms with Gasteiger partial charge in [-0.05, 0) is 33.4 Å². The van der Waals surface area contributed by atoms with Gasteiger partial charge in [0, 0.05) is 31.7 Å². The average molecular weight is 242 g/mol. The molecule has 1 N–H and O–H groups in total. The highest BCUT2D eigenvalue weighted by Crippen LogP contribution is 2.19. The molecule has 2 fully saturated rings. The van der Waals surface area contributed by atoms with Gasteiger partial charge in [-0.2, -0.15) is 0 Å².